The molecule has 0 atom stereocenters. The summed E-state index contributed by atoms with van der Waals surface area (Å²) in [4.78, 5) is 12.0. The minimum atomic E-state index is -0.790. The highest BCUT2D eigenvalue weighted by Crippen LogP contribution is 2.36. The van der Waals surface area contributed by atoms with E-state index < -0.39 is 5.54 Å². The first-order valence-electron chi connectivity index (χ1n) is 8.39. The number of esters is 1. The maximum absolute atomic E-state index is 12.0. The van der Waals surface area contributed by atoms with Gasteiger partial charge in [0, 0.05) is 5.69 Å². The lowest BCUT2D eigenvalue weighted by molar-refractivity contribution is -0.147. The van der Waals surface area contributed by atoms with E-state index in [1.165, 1.54) is 0 Å². The molecule has 132 valence electrons. The second kappa shape index (κ2) is 6.41. The van der Waals surface area contributed by atoms with Crippen molar-refractivity contribution in [2.45, 2.75) is 65.2 Å². The fourth-order valence-corrected chi connectivity index (χ4v) is 2.43. The molecule has 0 radical (unpaired) electrons. The van der Waals surface area contributed by atoms with E-state index in [2.05, 4.69) is 5.32 Å². The molecule has 2 rings (SSSR count). The maximum Gasteiger partial charge on any atom is 0.494 e. The van der Waals surface area contributed by atoms with Gasteiger partial charge in [-0.05, 0) is 66.1 Å². The fraction of sp³-hybridized carbons (Fsp3) is 0.611. The van der Waals surface area contributed by atoms with Crippen molar-refractivity contribution in [1.29, 1.82) is 0 Å². The molecule has 0 aliphatic carbocycles. The van der Waals surface area contributed by atoms with Gasteiger partial charge in [0.2, 0.25) is 0 Å². The summed E-state index contributed by atoms with van der Waals surface area (Å²) >= 11 is 0. The third-order valence-corrected chi connectivity index (χ3v) is 4.68. The summed E-state index contributed by atoms with van der Waals surface area (Å²) in [5.41, 5.74) is 0.282. The van der Waals surface area contributed by atoms with Crippen LogP contribution in [0.15, 0.2) is 24.3 Å². The molecule has 0 unspecified atom stereocenters. The summed E-state index contributed by atoms with van der Waals surface area (Å²) in [6.07, 6.45) is 0. The molecule has 1 saturated heterocycles. The molecule has 1 fully saturated rings. The van der Waals surface area contributed by atoms with Crippen LogP contribution in [-0.4, -0.2) is 36.4 Å². The monoisotopic (exact) mass is 333 g/mol. The molecule has 0 spiro atoms. The van der Waals surface area contributed by atoms with Gasteiger partial charge in [-0.25, -0.2) is 4.79 Å². The topological polar surface area (TPSA) is 56.8 Å². The zero-order valence-corrected chi connectivity index (χ0v) is 15.7. The first-order chi connectivity index (χ1) is 11.0. The molecule has 1 aliphatic heterocycles. The summed E-state index contributed by atoms with van der Waals surface area (Å²) < 4.78 is 17.2. The number of carbonyl (C=O) groups is 1. The highest BCUT2D eigenvalue weighted by Gasteiger charge is 2.51. The average Bonchev–Trinajstić information content (AvgIpc) is 2.68. The Morgan fingerprint density at radius 1 is 1.12 bits per heavy atom. The molecule has 1 aromatic rings. The maximum atomic E-state index is 12.0. The van der Waals surface area contributed by atoms with Gasteiger partial charge in [-0.2, -0.15) is 0 Å². The molecule has 0 saturated carbocycles. The van der Waals surface area contributed by atoms with Crippen LogP contribution in [-0.2, 0) is 18.8 Å². The van der Waals surface area contributed by atoms with Crippen molar-refractivity contribution in [3.05, 3.63) is 24.3 Å². The summed E-state index contributed by atoms with van der Waals surface area (Å²) in [7, 11) is -0.387. The molecular weight excluding hydrogens is 305 g/mol. The number of carbonyl (C=O) groups excluding carboxylic acids is 1. The van der Waals surface area contributed by atoms with Crippen LogP contribution in [0.1, 0.15) is 48.5 Å². The molecule has 1 heterocycles. The van der Waals surface area contributed by atoms with Crippen LogP contribution in [0.5, 0.6) is 0 Å². The first-order valence-corrected chi connectivity index (χ1v) is 8.39. The van der Waals surface area contributed by atoms with Crippen molar-refractivity contribution < 1.29 is 18.8 Å². The average molecular weight is 333 g/mol. The fourth-order valence-electron chi connectivity index (χ4n) is 2.43. The van der Waals surface area contributed by atoms with Gasteiger partial charge in [0.25, 0.3) is 0 Å². The van der Waals surface area contributed by atoms with E-state index in [1.54, 1.807) is 20.8 Å². The van der Waals surface area contributed by atoms with E-state index in [4.69, 9.17) is 14.0 Å². The Labute approximate surface area is 145 Å². The van der Waals surface area contributed by atoms with E-state index >= 15 is 0 Å². The molecule has 0 aromatic heterocycles. The highest BCUT2D eigenvalue weighted by atomic mass is 16.7. The Hall–Kier alpha value is -1.53. The normalized spacial score (nSPS) is 19.2. The Morgan fingerprint density at radius 3 is 2.08 bits per heavy atom. The van der Waals surface area contributed by atoms with Gasteiger partial charge in [0.1, 0.15) is 5.54 Å². The van der Waals surface area contributed by atoms with E-state index in [-0.39, 0.29) is 24.3 Å². The van der Waals surface area contributed by atoms with Crippen molar-refractivity contribution in [2.75, 3.05) is 11.9 Å². The van der Waals surface area contributed by atoms with Crippen LogP contribution in [0.3, 0.4) is 0 Å². The van der Waals surface area contributed by atoms with E-state index in [0.717, 1.165) is 11.2 Å². The number of nitrogens with one attached hydrogen (secondary N) is 1. The summed E-state index contributed by atoms with van der Waals surface area (Å²) in [5, 5.41) is 3.20. The smallest absolute Gasteiger partial charge is 0.464 e. The molecular formula is C18H28BNO4. The zero-order valence-electron chi connectivity index (χ0n) is 15.7. The van der Waals surface area contributed by atoms with E-state index in [9.17, 15) is 4.79 Å². The SMILES string of the molecule is CCOC(=O)C(C)(C)Nc1ccc(B2OC(C)(C)C(C)(C)O2)cc1. The molecule has 0 amide bonds. The van der Waals surface area contributed by atoms with Crippen LogP contribution >= 0.6 is 0 Å². The van der Waals surface area contributed by atoms with E-state index in [1.807, 2.05) is 52.0 Å². The minimum Gasteiger partial charge on any atom is -0.464 e. The highest BCUT2D eigenvalue weighted by molar-refractivity contribution is 6.62. The number of benzene rings is 1. The van der Waals surface area contributed by atoms with Crippen LogP contribution in [0.25, 0.3) is 0 Å². The molecule has 1 N–H and O–H groups in total. The van der Waals surface area contributed by atoms with Crippen LogP contribution in [0, 0.1) is 0 Å². The van der Waals surface area contributed by atoms with Gasteiger partial charge in [-0.3, -0.25) is 0 Å². The second-order valence-corrected chi connectivity index (χ2v) is 7.68. The minimum absolute atomic E-state index is 0.278. The van der Waals surface area contributed by atoms with Gasteiger partial charge in [0.05, 0.1) is 17.8 Å². The van der Waals surface area contributed by atoms with Gasteiger partial charge in [0.15, 0.2) is 0 Å². The number of ether oxygens (including phenoxy) is 1. The third-order valence-electron chi connectivity index (χ3n) is 4.68. The third kappa shape index (κ3) is 3.76. The lowest BCUT2D eigenvalue weighted by atomic mass is 9.79. The zero-order chi connectivity index (χ0) is 18.2. The van der Waals surface area contributed by atoms with Crippen LogP contribution in [0.4, 0.5) is 5.69 Å². The molecule has 6 heteroatoms. The van der Waals surface area contributed by atoms with Crippen molar-refractivity contribution in [3.8, 4) is 0 Å². The van der Waals surface area contributed by atoms with Gasteiger partial charge >= 0.3 is 13.1 Å². The van der Waals surface area contributed by atoms with Gasteiger partial charge in [-0.15, -0.1) is 0 Å². The number of rotatable bonds is 5. The first kappa shape index (κ1) is 18.8. The molecule has 5 nitrogen and oxygen atoms in total. The summed E-state index contributed by atoms with van der Waals surface area (Å²) in [6.45, 7) is 13.9. The number of anilines is 1. The second-order valence-electron chi connectivity index (χ2n) is 7.68. The standard InChI is InChI=1S/C18H28BNO4/c1-8-22-15(21)16(2,3)20-14-11-9-13(10-12-14)19-23-17(4,5)18(6,7)24-19/h9-12,20H,8H2,1-7H3. The predicted molar refractivity (Wildman–Crippen MR) is 96.5 cm³/mol. The van der Waals surface area contributed by atoms with E-state index in [0.29, 0.717) is 6.61 Å². The van der Waals surface area contributed by atoms with Crippen LogP contribution < -0.4 is 10.8 Å². The van der Waals surface area contributed by atoms with Crippen LogP contribution in [0.2, 0.25) is 0 Å². The summed E-state index contributed by atoms with van der Waals surface area (Å²) in [6, 6.07) is 7.74. The Bertz CT molecular complexity index is 580. The number of hydrogen-bond donors (Lipinski definition) is 1. The van der Waals surface area contributed by atoms with Crippen molar-refractivity contribution >= 4 is 24.2 Å². The van der Waals surface area contributed by atoms with Gasteiger partial charge < -0.3 is 19.4 Å². The largest absolute Gasteiger partial charge is 0.494 e. The molecule has 1 aromatic carbocycles. The van der Waals surface area contributed by atoms with Crippen molar-refractivity contribution in [2.24, 2.45) is 0 Å². The Kier molecular flexibility index (Phi) is 5.02. The molecule has 1 aliphatic rings. The molecule has 0 bridgehead atoms. The Balaban J connectivity index is 2.08. The van der Waals surface area contributed by atoms with Crippen molar-refractivity contribution in [1.82, 2.24) is 0 Å². The predicted octanol–water partition coefficient (Wildman–Crippen LogP) is 2.74. The van der Waals surface area contributed by atoms with Gasteiger partial charge in [-0.1, -0.05) is 12.1 Å². The lowest BCUT2D eigenvalue weighted by Gasteiger charge is -2.32. The lowest BCUT2D eigenvalue weighted by Crippen LogP contribution is -2.41. The Morgan fingerprint density at radius 2 is 1.62 bits per heavy atom. The quantitative estimate of drug-likeness (QED) is 0.663. The number of hydrogen-bond acceptors (Lipinski definition) is 5. The van der Waals surface area contributed by atoms with Crippen molar-refractivity contribution in [3.63, 3.8) is 0 Å². The molecule has 24 heavy (non-hydrogen) atoms. The summed E-state index contributed by atoms with van der Waals surface area (Å²) in [5.74, 6) is -0.278.